The summed E-state index contributed by atoms with van der Waals surface area (Å²) in [4.78, 5) is 18.4. The van der Waals surface area contributed by atoms with Gasteiger partial charge in [-0.1, -0.05) is 24.3 Å². The summed E-state index contributed by atoms with van der Waals surface area (Å²) in [6.45, 7) is 4.14. The molecule has 0 atom stereocenters. The molecule has 0 bridgehead atoms. The van der Waals surface area contributed by atoms with E-state index in [1.165, 1.54) is 12.1 Å². The van der Waals surface area contributed by atoms with Crippen LogP contribution in [0.2, 0.25) is 0 Å². The first-order chi connectivity index (χ1) is 15.0. The van der Waals surface area contributed by atoms with Crippen molar-refractivity contribution in [2.45, 2.75) is 38.8 Å². The number of amides is 1. The van der Waals surface area contributed by atoms with E-state index in [9.17, 15) is 9.18 Å². The maximum Gasteiger partial charge on any atom is 0.258 e. The van der Waals surface area contributed by atoms with Gasteiger partial charge in [0.15, 0.2) is 12.6 Å². The van der Waals surface area contributed by atoms with Crippen LogP contribution < -0.4 is 15.4 Å². The number of hydrogen-bond acceptors (Lipinski definition) is 3. The second kappa shape index (κ2) is 13.2. The van der Waals surface area contributed by atoms with Crippen LogP contribution in [0.1, 0.15) is 30.9 Å². The first-order valence-corrected chi connectivity index (χ1v) is 10.8. The quantitative estimate of drug-likeness (QED) is 0.267. The molecule has 1 amide bonds. The van der Waals surface area contributed by atoms with Crippen molar-refractivity contribution in [1.29, 1.82) is 0 Å². The first kappa shape index (κ1) is 25.9. The molecule has 2 N–H and O–H groups in total. The number of aliphatic imine (C=N–C) groups is 1. The van der Waals surface area contributed by atoms with Crippen LogP contribution >= 0.6 is 24.0 Å². The summed E-state index contributed by atoms with van der Waals surface area (Å²) >= 11 is 0. The highest BCUT2D eigenvalue weighted by molar-refractivity contribution is 14.0. The second-order valence-corrected chi connectivity index (χ2v) is 7.74. The highest BCUT2D eigenvalue weighted by Crippen LogP contribution is 2.18. The minimum atomic E-state index is -0.232. The molecule has 0 saturated heterocycles. The zero-order valence-electron chi connectivity index (χ0n) is 18.6. The number of rotatable bonds is 10. The second-order valence-electron chi connectivity index (χ2n) is 7.74. The summed E-state index contributed by atoms with van der Waals surface area (Å²) in [6, 6.07) is 14.6. The van der Waals surface area contributed by atoms with E-state index in [2.05, 4.69) is 10.6 Å². The SMILES string of the molecule is CCNC(=NCCc1ccc(OCC(=O)NC2CC2)cc1)N(C)Cc1ccc(F)cc1.I. The molecule has 2 aromatic carbocycles. The van der Waals surface area contributed by atoms with Crippen molar-refractivity contribution >= 4 is 35.8 Å². The number of carbonyl (C=O) groups excluding carboxylic acids is 1. The molecule has 0 aromatic heterocycles. The average Bonchev–Trinajstić information content (AvgIpc) is 3.58. The molecule has 1 fully saturated rings. The lowest BCUT2D eigenvalue weighted by atomic mass is 10.1. The molecule has 1 aliphatic carbocycles. The molecule has 1 saturated carbocycles. The Balaban J connectivity index is 0.00000363. The molecule has 174 valence electrons. The molecule has 0 unspecified atom stereocenters. The van der Waals surface area contributed by atoms with E-state index < -0.39 is 0 Å². The Morgan fingerprint density at radius 1 is 1.12 bits per heavy atom. The molecule has 0 radical (unpaired) electrons. The lowest BCUT2D eigenvalue weighted by Crippen LogP contribution is -2.38. The van der Waals surface area contributed by atoms with Gasteiger partial charge in [0, 0.05) is 32.7 Å². The van der Waals surface area contributed by atoms with Gasteiger partial charge >= 0.3 is 0 Å². The van der Waals surface area contributed by atoms with Gasteiger partial charge in [-0.3, -0.25) is 9.79 Å². The van der Waals surface area contributed by atoms with E-state index in [-0.39, 0.29) is 42.3 Å². The topological polar surface area (TPSA) is 66.0 Å². The molecular weight excluding hydrogens is 522 g/mol. The Morgan fingerprint density at radius 2 is 1.78 bits per heavy atom. The van der Waals surface area contributed by atoms with Gasteiger partial charge < -0.3 is 20.3 Å². The van der Waals surface area contributed by atoms with Crippen LogP contribution in [0.4, 0.5) is 4.39 Å². The van der Waals surface area contributed by atoms with Gasteiger partial charge in [-0.15, -0.1) is 24.0 Å². The minimum absolute atomic E-state index is 0. The Labute approximate surface area is 206 Å². The number of nitrogens with one attached hydrogen (secondary N) is 2. The Kier molecular flexibility index (Phi) is 10.7. The number of benzene rings is 2. The summed E-state index contributed by atoms with van der Waals surface area (Å²) < 4.78 is 18.6. The molecule has 3 rings (SSSR count). The van der Waals surface area contributed by atoms with Gasteiger partial charge in [-0.05, 0) is 61.6 Å². The van der Waals surface area contributed by atoms with Crippen LogP contribution in [-0.4, -0.2) is 49.6 Å². The van der Waals surface area contributed by atoms with Gasteiger partial charge in [0.1, 0.15) is 11.6 Å². The van der Waals surface area contributed by atoms with Crippen molar-refractivity contribution in [2.75, 3.05) is 26.7 Å². The van der Waals surface area contributed by atoms with E-state index in [1.54, 1.807) is 12.1 Å². The third-order valence-electron chi connectivity index (χ3n) is 4.93. The summed E-state index contributed by atoms with van der Waals surface area (Å²) in [5, 5.41) is 6.20. The van der Waals surface area contributed by atoms with Gasteiger partial charge in [-0.25, -0.2) is 4.39 Å². The van der Waals surface area contributed by atoms with Crippen molar-refractivity contribution in [1.82, 2.24) is 15.5 Å². The maximum absolute atomic E-state index is 13.1. The Morgan fingerprint density at radius 3 is 2.41 bits per heavy atom. The van der Waals surface area contributed by atoms with Crippen LogP contribution in [0.15, 0.2) is 53.5 Å². The number of hydrogen-bond donors (Lipinski definition) is 2. The fraction of sp³-hybridized carbons (Fsp3) is 0.417. The molecule has 0 spiro atoms. The molecule has 0 heterocycles. The molecule has 8 heteroatoms. The molecule has 32 heavy (non-hydrogen) atoms. The number of halogens is 2. The van der Waals surface area contributed by atoms with E-state index in [4.69, 9.17) is 9.73 Å². The fourth-order valence-electron chi connectivity index (χ4n) is 3.10. The van der Waals surface area contributed by atoms with Crippen molar-refractivity contribution in [2.24, 2.45) is 4.99 Å². The summed E-state index contributed by atoms with van der Waals surface area (Å²) in [5.41, 5.74) is 2.17. The van der Waals surface area contributed by atoms with E-state index >= 15 is 0 Å². The number of nitrogens with zero attached hydrogens (tertiary/aromatic N) is 2. The Bertz CT molecular complexity index is 871. The molecule has 6 nitrogen and oxygen atoms in total. The van der Waals surface area contributed by atoms with E-state index in [0.717, 1.165) is 42.9 Å². The summed E-state index contributed by atoms with van der Waals surface area (Å²) in [5.74, 6) is 1.20. The average molecular weight is 554 g/mol. The Hall–Kier alpha value is -2.36. The molecular formula is C24H32FIN4O2. The van der Waals surface area contributed by atoms with Crippen LogP contribution in [0.25, 0.3) is 0 Å². The van der Waals surface area contributed by atoms with Crippen molar-refractivity contribution in [3.05, 3.63) is 65.5 Å². The number of guanidine groups is 1. The largest absolute Gasteiger partial charge is 0.484 e. The normalized spacial score (nSPS) is 13.2. The molecule has 2 aromatic rings. The fourth-order valence-corrected chi connectivity index (χ4v) is 3.10. The van der Waals surface area contributed by atoms with Gasteiger partial charge in [-0.2, -0.15) is 0 Å². The monoisotopic (exact) mass is 554 g/mol. The van der Waals surface area contributed by atoms with Crippen molar-refractivity contribution < 1.29 is 13.9 Å². The summed E-state index contributed by atoms with van der Waals surface area (Å²) in [7, 11) is 1.97. The maximum atomic E-state index is 13.1. The van der Waals surface area contributed by atoms with Crippen molar-refractivity contribution in [3.63, 3.8) is 0 Å². The van der Waals surface area contributed by atoms with Crippen LogP contribution in [0.5, 0.6) is 5.75 Å². The van der Waals surface area contributed by atoms with Gasteiger partial charge in [0.25, 0.3) is 5.91 Å². The zero-order chi connectivity index (χ0) is 22.1. The smallest absolute Gasteiger partial charge is 0.258 e. The van der Waals surface area contributed by atoms with E-state index in [0.29, 0.717) is 24.9 Å². The highest BCUT2D eigenvalue weighted by atomic mass is 127. The third-order valence-corrected chi connectivity index (χ3v) is 4.93. The minimum Gasteiger partial charge on any atom is -0.484 e. The third kappa shape index (κ3) is 9.02. The summed E-state index contributed by atoms with van der Waals surface area (Å²) in [6.07, 6.45) is 2.93. The lowest BCUT2D eigenvalue weighted by Gasteiger charge is -2.22. The number of ether oxygens (including phenoxy) is 1. The first-order valence-electron chi connectivity index (χ1n) is 10.8. The lowest BCUT2D eigenvalue weighted by molar-refractivity contribution is -0.123. The zero-order valence-corrected chi connectivity index (χ0v) is 21.0. The molecule has 1 aliphatic rings. The highest BCUT2D eigenvalue weighted by Gasteiger charge is 2.23. The number of carbonyl (C=O) groups is 1. The van der Waals surface area contributed by atoms with E-state index in [1.807, 2.05) is 43.1 Å². The van der Waals surface area contributed by atoms with Gasteiger partial charge in [0.05, 0.1) is 0 Å². The predicted molar refractivity (Wildman–Crippen MR) is 136 cm³/mol. The predicted octanol–water partition coefficient (Wildman–Crippen LogP) is 3.74. The van der Waals surface area contributed by atoms with Crippen LogP contribution in [0, 0.1) is 5.82 Å². The van der Waals surface area contributed by atoms with Crippen LogP contribution in [0.3, 0.4) is 0 Å². The van der Waals surface area contributed by atoms with Gasteiger partial charge in [0.2, 0.25) is 0 Å². The molecule has 0 aliphatic heterocycles. The van der Waals surface area contributed by atoms with Crippen molar-refractivity contribution in [3.8, 4) is 5.75 Å². The van der Waals surface area contributed by atoms with Crippen LogP contribution in [-0.2, 0) is 17.8 Å². The standard InChI is InChI=1S/C24H31FN4O2.HI/c1-3-26-24(29(2)16-19-4-8-20(25)9-5-19)27-15-14-18-6-12-22(13-7-18)31-17-23(30)28-21-10-11-21;/h4-9,12-13,21H,3,10-11,14-17H2,1-2H3,(H,26,27)(H,28,30);1H.